The van der Waals surface area contributed by atoms with Gasteiger partial charge in [0.1, 0.15) is 17.5 Å². The topological polar surface area (TPSA) is 137 Å². The second-order valence-electron chi connectivity index (χ2n) is 6.19. The molecular formula is C18H26N4O5. The summed E-state index contributed by atoms with van der Waals surface area (Å²) in [4.78, 5) is 37.9. The van der Waals surface area contributed by atoms with E-state index in [4.69, 9.17) is 20.9 Å². The summed E-state index contributed by atoms with van der Waals surface area (Å²) in [5, 5.41) is 2.79. The molecule has 5 N–H and O–H groups in total. The van der Waals surface area contributed by atoms with E-state index < -0.39 is 11.9 Å². The molecule has 0 spiro atoms. The minimum Gasteiger partial charge on any atom is -0.497 e. The van der Waals surface area contributed by atoms with Crippen molar-refractivity contribution in [2.75, 3.05) is 33.4 Å². The van der Waals surface area contributed by atoms with Gasteiger partial charge in [-0.2, -0.15) is 0 Å². The van der Waals surface area contributed by atoms with E-state index in [1.165, 1.54) is 24.1 Å². The summed E-state index contributed by atoms with van der Waals surface area (Å²) in [6.45, 7) is 1.17. The summed E-state index contributed by atoms with van der Waals surface area (Å²) in [5.41, 5.74) is 10.9. The van der Waals surface area contributed by atoms with Crippen molar-refractivity contribution in [2.24, 2.45) is 11.5 Å². The fourth-order valence-electron chi connectivity index (χ4n) is 2.95. The standard InChI is InChI=1S/C18H26N4O5/c1-26-12-5-6-15(13(10-12)17(20)24)27-11-16(23)22-9-2-4-14(22)18(25)21-8-3-7-19/h5-6,10,14H,2-4,7-9,11,19H2,1H3,(H2,20,24)(H,21,25)/t14-/m0/s1. The number of carbonyl (C=O) groups excluding carboxylic acids is 3. The summed E-state index contributed by atoms with van der Waals surface area (Å²) in [5.74, 6) is -0.542. The quantitative estimate of drug-likeness (QED) is 0.501. The third-order valence-corrected chi connectivity index (χ3v) is 4.36. The monoisotopic (exact) mass is 378 g/mol. The Morgan fingerprint density at radius 2 is 2.11 bits per heavy atom. The van der Waals surface area contributed by atoms with Gasteiger partial charge in [0.25, 0.3) is 11.8 Å². The van der Waals surface area contributed by atoms with Crippen molar-refractivity contribution in [2.45, 2.75) is 25.3 Å². The maximum atomic E-state index is 12.5. The first-order valence-corrected chi connectivity index (χ1v) is 8.85. The molecule has 9 nitrogen and oxygen atoms in total. The number of hydrogen-bond donors (Lipinski definition) is 3. The van der Waals surface area contributed by atoms with Crippen LogP contribution in [0.2, 0.25) is 0 Å². The van der Waals surface area contributed by atoms with E-state index >= 15 is 0 Å². The van der Waals surface area contributed by atoms with E-state index in [-0.39, 0.29) is 29.7 Å². The van der Waals surface area contributed by atoms with Gasteiger partial charge >= 0.3 is 0 Å². The number of ether oxygens (including phenoxy) is 2. The molecule has 0 unspecified atom stereocenters. The minimum atomic E-state index is -0.685. The van der Waals surface area contributed by atoms with Crippen molar-refractivity contribution in [1.82, 2.24) is 10.2 Å². The van der Waals surface area contributed by atoms with Crippen molar-refractivity contribution in [3.8, 4) is 11.5 Å². The Morgan fingerprint density at radius 1 is 1.33 bits per heavy atom. The lowest BCUT2D eigenvalue weighted by Crippen LogP contribution is -2.47. The van der Waals surface area contributed by atoms with Crippen LogP contribution in [0, 0.1) is 0 Å². The zero-order valence-electron chi connectivity index (χ0n) is 15.4. The zero-order valence-corrected chi connectivity index (χ0v) is 15.4. The molecule has 3 amide bonds. The summed E-state index contributed by atoms with van der Waals surface area (Å²) >= 11 is 0. The highest BCUT2D eigenvalue weighted by atomic mass is 16.5. The first kappa shape index (κ1) is 20.5. The van der Waals surface area contributed by atoms with Gasteiger partial charge in [-0.3, -0.25) is 14.4 Å². The van der Waals surface area contributed by atoms with Gasteiger partial charge in [0, 0.05) is 13.1 Å². The van der Waals surface area contributed by atoms with E-state index in [1.807, 2.05) is 0 Å². The highest BCUT2D eigenvalue weighted by Gasteiger charge is 2.34. The molecule has 0 aromatic heterocycles. The molecule has 1 saturated heterocycles. The van der Waals surface area contributed by atoms with E-state index in [0.717, 1.165) is 6.42 Å². The molecule has 0 aliphatic carbocycles. The van der Waals surface area contributed by atoms with Crippen LogP contribution in [0.25, 0.3) is 0 Å². The lowest BCUT2D eigenvalue weighted by molar-refractivity contribution is -0.139. The van der Waals surface area contributed by atoms with Gasteiger partial charge in [-0.15, -0.1) is 0 Å². The number of rotatable bonds is 9. The number of methoxy groups -OCH3 is 1. The molecule has 1 aliphatic rings. The van der Waals surface area contributed by atoms with Gasteiger partial charge in [0.2, 0.25) is 5.91 Å². The molecule has 0 saturated carbocycles. The van der Waals surface area contributed by atoms with Crippen LogP contribution in [0.4, 0.5) is 0 Å². The molecule has 1 aromatic rings. The number of nitrogens with zero attached hydrogens (tertiary/aromatic N) is 1. The second-order valence-corrected chi connectivity index (χ2v) is 6.19. The predicted molar refractivity (Wildman–Crippen MR) is 98.4 cm³/mol. The average Bonchev–Trinajstić information content (AvgIpc) is 3.16. The molecule has 2 rings (SSSR count). The number of benzene rings is 1. The van der Waals surface area contributed by atoms with Crippen molar-refractivity contribution in [3.05, 3.63) is 23.8 Å². The smallest absolute Gasteiger partial charge is 0.261 e. The SMILES string of the molecule is COc1ccc(OCC(=O)N2CCC[C@H]2C(=O)NCCCN)c(C(N)=O)c1. The highest BCUT2D eigenvalue weighted by molar-refractivity contribution is 5.96. The third kappa shape index (κ3) is 5.33. The molecule has 1 atom stereocenters. The number of hydrogen-bond acceptors (Lipinski definition) is 6. The van der Waals surface area contributed by atoms with E-state index in [2.05, 4.69) is 5.32 Å². The lowest BCUT2D eigenvalue weighted by Gasteiger charge is -2.24. The highest BCUT2D eigenvalue weighted by Crippen LogP contribution is 2.24. The van der Waals surface area contributed by atoms with Gasteiger partial charge in [-0.05, 0) is 44.0 Å². The predicted octanol–water partition coefficient (Wildman–Crippen LogP) is -0.371. The fourth-order valence-corrected chi connectivity index (χ4v) is 2.95. The molecular weight excluding hydrogens is 352 g/mol. The molecule has 1 fully saturated rings. The minimum absolute atomic E-state index is 0.125. The average molecular weight is 378 g/mol. The Morgan fingerprint density at radius 3 is 2.78 bits per heavy atom. The molecule has 27 heavy (non-hydrogen) atoms. The fraction of sp³-hybridized carbons (Fsp3) is 0.500. The van der Waals surface area contributed by atoms with Crippen LogP contribution >= 0.6 is 0 Å². The summed E-state index contributed by atoms with van der Waals surface area (Å²) in [6, 6.07) is 4.07. The van der Waals surface area contributed by atoms with Crippen LogP contribution in [0.15, 0.2) is 18.2 Å². The first-order chi connectivity index (χ1) is 13.0. The van der Waals surface area contributed by atoms with Crippen LogP contribution in [-0.2, 0) is 9.59 Å². The lowest BCUT2D eigenvalue weighted by atomic mass is 10.2. The van der Waals surface area contributed by atoms with Gasteiger partial charge in [-0.1, -0.05) is 0 Å². The van der Waals surface area contributed by atoms with Gasteiger partial charge < -0.3 is 31.2 Å². The van der Waals surface area contributed by atoms with Crippen molar-refractivity contribution in [1.29, 1.82) is 0 Å². The molecule has 0 bridgehead atoms. The van der Waals surface area contributed by atoms with Crippen LogP contribution in [0.1, 0.15) is 29.6 Å². The first-order valence-electron chi connectivity index (χ1n) is 8.85. The molecule has 0 radical (unpaired) electrons. The van der Waals surface area contributed by atoms with Gasteiger partial charge in [-0.25, -0.2) is 0 Å². The molecule has 9 heteroatoms. The summed E-state index contributed by atoms with van der Waals surface area (Å²) in [6.07, 6.45) is 2.04. The number of amides is 3. The zero-order chi connectivity index (χ0) is 19.8. The molecule has 1 aliphatic heterocycles. The molecule has 1 heterocycles. The van der Waals surface area contributed by atoms with Crippen LogP contribution < -0.4 is 26.3 Å². The maximum Gasteiger partial charge on any atom is 0.261 e. The van der Waals surface area contributed by atoms with E-state index in [1.54, 1.807) is 6.07 Å². The van der Waals surface area contributed by atoms with Gasteiger partial charge in [0.15, 0.2) is 6.61 Å². The largest absolute Gasteiger partial charge is 0.497 e. The summed E-state index contributed by atoms with van der Waals surface area (Å²) in [7, 11) is 1.47. The van der Waals surface area contributed by atoms with Crippen LogP contribution in [-0.4, -0.2) is 62.0 Å². The number of carbonyl (C=O) groups is 3. The van der Waals surface area contributed by atoms with Crippen LogP contribution in [0.5, 0.6) is 11.5 Å². The van der Waals surface area contributed by atoms with E-state index in [9.17, 15) is 14.4 Å². The summed E-state index contributed by atoms with van der Waals surface area (Å²) < 4.78 is 10.6. The number of primary amides is 1. The third-order valence-electron chi connectivity index (χ3n) is 4.36. The number of nitrogens with two attached hydrogens (primary N) is 2. The van der Waals surface area contributed by atoms with E-state index in [0.29, 0.717) is 38.2 Å². The Kier molecular flexibility index (Phi) is 7.42. The number of nitrogens with one attached hydrogen (secondary N) is 1. The van der Waals surface area contributed by atoms with Crippen LogP contribution in [0.3, 0.4) is 0 Å². The maximum absolute atomic E-state index is 12.5. The van der Waals surface area contributed by atoms with Crippen molar-refractivity contribution >= 4 is 17.7 Å². The van der Waals surface area contributed by atoms with Gasteiger partial charge in [0.05, 0.1) is 12.7 Å². The Balaban J connectivity index is 1.98. The number of likely N-dealkylation sites (tertiary alicyclic amines) is 1. The van der Waals surface area contributed by atoms with Crippen molar-refractivity contribution in [3.63, 3.8) is 0 Å². The molecule has 148 valence electrons. The normalized spacial score (nSPS) is 16.1. The Labute approximate surface area is 158 Å². The Bertz CT molecular complexity index is 694. The Hall–Kier alpha value is -2.81. The molecule has 1 aromatic carbocycles. The second kappa shape index (κ2) is 9.77. The van der Waals surface area contributed by atoms with Crippen molar-refractivity contribution < 1.29 is 23.9 Å².